The molecule has 84 valence electrons. The molecule has 2 aromatic rings. The number of amides is 1. The van der Waals surface area contributed by atoms with Crippen LogP contribution >= 0.6 is 0 Å². The number of aromatic nitrogens is 2. The Balaban J connectivity index is 2.22. The summed E-state index contributed by atoms with van der Waals surface area (Å²) in [5, 5.41) is 0. The Kier molecular flexibility index (Phi) is 3.20. The highest BCUT2D eigenvalue weighted by Crippen LogP contribution is 2.09. The summed E-state index contributed by atoms with van der Waals surface area (Å²) < 4.78 is 0. The van der Waals surface area contributed by atoms with E-state index in [0.29, 0.717) is 11.4 Å². The Morgan fingerprint density at radius 2 is 2.00 bits per heavy atom. The Morgan fingerprint density at radius 3 is 2.71 bits per heavy atom. The van der Waals surface area contributed by atoms with Gasteiger partial charge in [-0.3, -0.25) is 9.78 Å². The molecular formula is C12H10N4O. The van der Waals surface area contributed by atoms with Gasteiger partial charge in [-0.2, -0.15) is 0 Å². The quantitative estimate of drug-likeness (QED) is 0.801. The van der Waals surface area contributed by atoms with Gasteiger partial charge in [0, 0.05) is 30.4 Å². The van der Waals surface area contributed by atoms with Crippen LogP contribution < -0.4 is 5.73 Å². The first kappa shape index (κ1) is 10.9. The number of rotatable bonds is 3. The Morgan fingerprint density at radius 1 is 1.24 bits per heavy atom. The summed E-state index contributed by atoms with van der Waals surface area (Å²) in [4.78, 5) is 23.0. The van der Waals surface area contributed by atoms with Crippen molar-refractivity contribution in [1.29, 1.82) is 0 Å². The van der Waals surface area contributed by atoms with E-state index in [0.717, 1.165) is 5.56 Å². The molecule has 5 heteroatoms. The molecule has 0 fully saturated rings. The molecule has 2 N–H and O–H groups in total. The molecule has 0 saturated carbocycles. The summed E-state index contributed by atoms with van der Waals surface area (Å²) in [7, 11) is 0. The molecule has 1 amide bonds. The van der Waals surface area contributed by atoms with Crippen LogP contribution in [0.3, 0.4) is 0 Å². The maximum absolute atomic E-state index is 11.0. The Labute approximate surface area is 98.1 Å². The molecule has 0 spiro atoms. The molecule has 2 rings (SSSR count). The zero-order chi connectivity index (χ0) is 12.1. The van der Waals surface area contributed by atoms with Gasteiger partial charge >= 0.3 is 0 Å². The smallest absolute Gasteiger partial charge is 0.248 e. The predicted molar refractivity (Wildman–Crippen MR) is 64.2 cm³/mol. The van der Waals surface area contributed by atoms with Crippen molar-refractivity contribution in [2.45, 2.75) is 0 Å². The Bertz CT molecular complexity index is 551. The van der Waals surface area contributed by atoms with Crippen LogP contribution in [0.15, 0.2) is 47.8 Å². The second-order valence-corrected chi connectivity index (χ2v) is 3.31. The van der Waals surface area contributed by atoms with Crippen LogP contribution in [0.25, 0.3) is 0 Å². The molecule has 2 heterocycles. The molecule has 0 aromatic carbocycles. The van der Waals surface area contributed by atoms with Crippen molar-refractivity contribution in [3.63, 3.8) is 0 Å². The lowest BCUT2D eigenvalue weighted by Crippen LogP contribution is -2.10. The Hall–Kier alpha value is -2.56. The molecule has 5 nitrogen and oxygen atoms in total. The van der Waals surface area contributed by atoms with Gasteiger partial charge in [-0.05, 0) is 29.8 Å². The van der Waals surface area contributed by atoms with Gasteiger partial charge in [0.2, 0.25) is 5.91 Å². The fourth-order valence-corrected chi connectivity index (χ4v) is 1.23. The van der Waals surface area contributed by atoms with Crippen LogP contribution in [0.1, 0.15) is 15.9 Å². The fraction of sp³-hybridized carbons (Fsp3) is 0. The highest BCUT2D eigenvalue weighted by atomic mass is 16.1. The van der Waals surface area contributed by atoms with E-state index in [1.165, 1.54) is 6.20 Å². The molecular weight excluding hydrogens is 216 g/mol. The van der Waals surface area contributed by atoms with Gasteiger partial charge in [-0.15, -0.1) is 0 Å². The van der Waals surface area contributed by atoms with Crippen LogP contribution in [0.4, 0.5) is 5.82 Å². The summed E-state index contributed by atoms with van der Waals surface area (Å²) in [6, 6.07) is 6.73. The second-order valence-electron chi connectivity index (χ2n) is 3.31. The largest absolute Gasteiger partial charge is 0.366 e. The molecule has 0 unspecified atom stereocenters. The van der Waals surface area contributed by atoms with Gasteiger partial charge in [0.25, 0.3) is 0 Å². The minimum absolute atomic E-state index is 0.391. The first-order valence-electron chi connectivity index (χ1n) is 4.95. The first-order chi connectivity index (χ1) is 8.25. The van der Waals surface area contributed by atoms with Gasteiger partial charge in [-0.25, -0.2) is 9.98 Å². The minimum atomic E-state index is -0.493. The fourth-order valence-electron chi connectivity index (χ4n) is 1.23. The SMILES string of the molecule is NC(=O)c1ccnc(N=Cc2ccncc2)c1. The third kappa shape index (κ3) is 2.94. The molecule has 17 heavy (non-hydrogen) atoms. The molecule has 0 atom stereocenters. The lowest BCUT2D eigenvalue weighted by molar-refractivity contribution is 0.1000. The standard InChI is InChI=1S/C12H10N4O/c13-12(17)10-3-6-15-11(7-10)16-8-9-1-4-14-5-2-9/h1-8H,(H2,13,17). The van der Waals surface area contributed by atoms with Crippen LogP contribution in [0, 0.1) is 0 Å². The highest BCUT2D eigenvalue weighted by molar-refractivity contribution is 5.93. The van der Waals surface area contributed by atoms with Crippen molar-refractivity contribution < 1.29 is 4.79 Å². The van der Waals surface area contributed by atoms with E-state index in [2.05, 4.69) is 15.0 Å². The topological polar surface area (TPSA) is 81.2 Å². The number of carbonyl (C=O) groups excluding carboxylic acids is 1. The van der Waals surface area contributed by atoms with Gasteiger partial charge in [0.05, 0.1) is 0 Å². The van der Waals surface area contributed by atoms with E-state index >= 15 is 0 Å². The number of pyridine rings is 2. The number of primary amides is 1. The lowest BCUT2D eigenvalue weighted by atomic mass is 10.2. The van der Waals surface area contributed by atoms with Crippen LogP contribution in [0.5, 0.6) is 0 Å². The van der Waals surface area contributed by atoms with Crippen LogP contribution in [-0.4, -0.2) is 22.1 Å². The van der Waals surface area contributed by atoms with Crippen molar-refractivity contribution in [2.75, 3.05) is 0 Å². The maximum Gasteiger partial charge on any atom is 0.248 e. The highest BCUT2D eigenvalue weighted by Gasteiger charge is 2.00. The zero-order valence-electron chi connectivity index (χ0n) is 8.95. The van der Waals surface area contributed by atoms with E-state index in [1.807, 2.05) is 12.1 Å². The third-order valence-corrected chi connectivity index (χ3v) is 2.08. The van der Waals surface area contributed by atoms with Gasteiger partial charge in [0.1, 0.15) is 0 Å². The molecule has 0 aliphatic rings. The normalized spacial score (nSPS) is 10.6. The third-order valence-electron chi connectivity index (χ3n) is 2.08. The van der Waals surface area contributed by atoms with E-state index in [9.17, 15) is 4.79 Å². The molecule has 0 radical (unpaired) electrons. The lowest BCUT2D eigenvalue weighted by Gasteiger charge is -1.96. The molecule has 0 saturated heterocycles. The van der Waals surface area contributed by atoms with Crippen LogP contribution in [-0.2, 0) is 0 Å². The molecule has 0 bridgehead atoms. The van der Waals surface area contributed by atoms with Crippen molar-refractivity contribution in [3.8, 4) is 0 Å². The van der Waals surface area contributed by atoms with Crippen molar-refractivity contribution in [3.05, 3.63) is 54.0 Å². The maximum atomic E-state index is 11.0. The van der Waals surface area contributed by atoms with Gasteiger partial charge in [0.15, 0.2) is 5.82 Å². The average Bonchev–Trinajstić information content (AvgIpc) is 2.38. The van der Waals surface area contributed by atoms with Gasteiger partial charge in [-0.1, -0.05) is 0 Å². The van der Waals surface area contributed by atoms with Crippen molar-refractivity contribution >= 4 is 17.9 Å². The summed E-state index contributed by atoms with van der Waals surface area (Å²) >= 11 is 0. The number of nitrogens with zero attached hydrogens (tertiary/aromatic N) is 3. The number of hydrogen-bond donors (Lipinski definition) is 1. The zero-order valence-corrected chi connectivity index (χ0v) is 8.95. The van der Waals surface area contributed by atoms with E-state index in [1.54, 1.807) is 30.7 Å². The first-order valence-corrected chi connectivity index (χ1v) is 4.95. The average molecular weight is 226 g/mol. The second kappa shape index (κ2) is 4.98. The number of hydrogen-bond acceptors (Lipinski definition) is 4. The molecule has 2 aromatic heterocycles. The van der Waals surface area contributed by atoms with Crippen LogP contribution in [0.2, 0.25) is 0 Å². The number of carbonyl (C=O) groups is 1. The summed E-state index contributed by atoms with van der Waals surface area (Å²) in [5.74, 6) is -0.0501. The van der Waals surface area contributed by atoms with Gasteiger partial charge < -0.3 is 5.73 Å². The van der Waals surface area contributed by atoms with E-state index in [4.69, 9.17) is 5.73 Å². The van der Waals surface area contributed by atoms with E-state index < -0.39 is 5.91 Å². The van der Waals surface area contributed by atoms with Crippen molar-refractivity contribution in [1.82, 2.24) is 9.97 Å². The molecule has 0 aliphatic heterocycles. The minimum Gasteiger partial charge on any atom is -0.366 e. The summed E-state index contributed by atoms with van der Waals surface area (Å²) in [6.07, 6.45) is 6.50. The number of aliphatic imine (C=N–C) groups is 1. The summed E-state index contributed by atoms with van der Waals surface area (Å²) in [6.45, 7) is 0. The van der Waals surface area contributed by atoms with E-state index in [-0.39, 0.29) is 0 Å². The number of nitrogens with two attached hydrogens (primary N) is 1. The molecule has 0 aliphatic carbocycles. The predicted octanol–water partition coefficient (Wildman–Crippen LogP) is 1.33. The monoisotopic (exact) mass is 226 g/mol. The summed E-state index contributed by atoms with van der Waals surface area (Å²) in [5.41, 5.74) is 6.46. The van der Waals surface area contributed by atoms with Crippen molar-refractivity contribution in [2.24, 2.45) is 10.7 Å².